The first-order valence-corrected chi connectivity index (χ1v) is 5.34. The highest BCUT2D eigenvalue weighted by molar-refractivity contribution is 9.10. The number of aromatic nitrogens is 3. The predicted octanol–water partition coefficient (Wildman–Crippen LogP) is 2.12. The highest BCUT2D eigenvalue weighted by Gasteiger charge is 2.37. The van der Waals surface area contributed by atoms with Gasteiger partial charge in [-0.1, -0.05) is 0 Å². The van der Waals surface area contributed by atoms with Crippen molar-refractivity contribution in [1.29, 1.82) is 0 Å². The van der Waals surface area contributed by atoms with Crippen molar-refractivity contribution in [2.45, 2.75) is 13.1 Å². The van der Waals surface area contributed by atoms with Crippen LogP contribution in [0.1, 0.15) is 11.4 Å². The van der Waals surface area contributed by atoms with Gasteiger partial charge in [0, 0.05) is 18.9 Å². The van der Waals surface area contributed by atoms with E-state index in [1.807, 2.05) is 0 Å². The molecule has 0 N–H and O–H groups in total. The number of nitrogens with zero attached hydrogens (tertiary/aromatic N) is 3. The molecule has 0 aliphatic carbocycles. The van der Waals surface area contributed by atoms with Crippen molar-refractivity contribution in [3.63, 3.8) is 0 Å². The molecule has 17 heavy (non-hydrogen) atoms. The van der Waals surface area contributed by atoms with Crippen LogP contribution in [-0.2, 0) is 13.2 Å². The van der Waals surface area contributed by atoms with Gasteiger partial charge >= 0.3 is 6.18 Å². The smallest absolute Gasteiger partial charge is 0.317 e. The van der Waals surface area contributed by atoms with Gasteiger partial charge in [0.15, 0.2) is 5.69 Å². The minimum atomic E-state index is -4.66. The topological polar surface area (TPSA) is 39.3 Å². The molecule has 8 heteroatoms. The van der Waals surface area contributed by atoms with Crippen LogP contribution in [0.5, 0.6) is 0 Å². The highest BCUT2D eigenvalue weighted by atomic mass is 79.9. The van der Waals surface area contributed by atoms with Crippen molar-refractivity contribution in [2.75, 3.05) is 0 Å². The van der Waals surface area contributed by atoms with E-state index in [9.17, 15) is 18.0 Å². The molecule has 2 aromatic heterocycles. The summed E-state index contributed by atoms with van der Waals surface area (Å²) in [6.45, 7) is 1.68. The second kappa shape index (κ2) is 3.59. The van der Waals surface area contributed by atoms with Gasteiger partial charge in [-0.3, -0.25) is 9.20 Å². The first kappa shape index (κ1) is 12.2. The predicted molar refractivity (Wildman–Crippen MR) is 57.9 cm³/mol. The average molecular weight is 310 g/mol. The number of rotatable bonds is 0. The number of fused-ring (bicyclic) bond motifs is 1. The summed E-state index contributed by atoms with van der Waals surface area (Å²) in [6.07, 6.45) is -3.22. The van der Waals surface area contributed by atoms with E-state index in [0.29, 0.717) is 5.69 Å². The normalized spacial score (nSPS) is 12.4. The molecule has 0 amide bonds. The number of imidazole rings is 1. The van der Waals surface area contributed by atoms with Gasteiger partial charge in [-0.25, -0.2) is 4.98 Å². The molecule has 0 spiro atoms. The Morgan fingerprint density at radius 1 is 1.41 bits per heavy atom. The fourth-order valence-electron chi connectivity index (χ4n) is 1.47. The maximum Gasteiger partial charge on any atom is 0.434 e. The zero-order valence-corrected chi connectivity index (χ0v) is 10.4. The third-order valence-corrected chi connectivity index (χ3v) is 3.17. The Balaban J connectivity index is 2.96. The molecule has 0 aliphatic heterocycles. The fraction of sp³-hybridized carbons (Fsp3) is 0.333. The van der Waals surface area contributed by atoms with Gasteiger partial charge in [0.05, 0.1) is 0 Å². The number of alkyl halides is 3. The van der Waals surface area contributed by atoms with Crippen molar-refractivity contribution in [1.82, 2.24) is 14.0 Å². The summed E-state index contributed by atoms with van der Waals surface area (Å²) >= 11 is 2.65. The quantitative estimate of drug-likeness (QED) is 0.748. The zero-order chi connectivity index (χ0) is 13.0. The van der Waals surface area contributed by atoms with E-state index in [2.05, 4.69) is 20.9 Å². The van der Waals surface area contributed by atoms with E-state index in [0.717, 1.165) is 4.40 Å². The van der Waals surface area contributed by atoms with E-state index < -0.39 is 21.9 Å². The van der Waals surface area contributed by atoms with Crippen molar-refractivity contribution in [3.8, 4) is 0 Å². The van der Waals surface area contributed by atoms with Gasteiger partial charge in [-0.15, -0.1) is 0 Å². The number of halogens is 4. The summed E-state index contributed by atoms with van der Waals surface area (Å²) in [5.41, 5.74) is -1.34. The molecule has 0 aliphatic rings. The molecule has 4 nitrogen and oxygen atoms in total. The van der Waals surface area contributed by atoms with Gasteiger partial charge in [-0.05, 0) is 22.9 Å². The number of aryl methyl sites for hydroxylation is 2. The molecule has 92 valence electrons. The van der Waals surface area contributed by atoms with Gasteiger partial charge < -0.3 is 4.57 Å². The monoisotopic (exact) mass is 309 g/mol. The van der Waals surface area contributed by atoms with E-state index in [4.69, 9.17) is 0 Å². The molecular weight excluding hydrogens is 303 g/mol. The molecule has 2 aromatic rings. The molecule has 0 aromatic carbocycles. The van der Waals surface area contributed by atoms with Crippen LogP contribution in [0.2, 0.25) is 0 Å². The molecule has 0 atom stereocenters. The van der Waals surface area contributed by atoms with Crippen molar-refractivity contribution in [3.05, 3.63) is 32.4 Å². The van der Waals surface area contributed by atoms with Crippen molar-refractivity contribution < 1.29 is 13.2 Å². The van der Waals surface area contributed by atoms with Gasteiger partial charge in [0.1, 0.15) is 4.47 Å². The first-order valence-electron chi connectivity index (χ1n) is 4.55. The van der Waals surface area contributed by atoms with Crippen LogP contribution < -0.4 is 5.56 Å². The second-order valence-corrected chi connectivity index (χ2v) is 4.37. The molecule has 0 saturated heterocycles. The van der Waals surface area contributed by atoms with Crippen LogP contribution in [0.15, 0.2) is 15.5 Å². The highest BCUT2D eigenvalue weighted by Crippen LogP contribution is 2.31. The molecule has 0 fully saturated rings. The Morgan fingerprint density at radius 2 is 2.00 bits per heavy atom. The zero-order valence-electron chi connectivity index (χ0n) is 8.84. The summed E-state index contributed by atoms with van der Waals surface area (Å²) in [6, 6.07) is 0. The third-order valence-electron chi connectivity index (χ3n) is 2.46. The summed E-state index contributed by atoms with van der Waals surface area (Å²) < 4.78 is 39.9. The summed E-state index contributed by atoms with van der Waals surface area (Å²) in [7, 11) is 1.55. The molecule has 2 rings (SSSR count). The molecule has 0 radical (unpaired) electrons. The maximum absolute atomic E-state index is 12.6. The SMILES string of the molecule is Cc1cn2c(=O)c(Br)c(C(F)(F)F)nc2n1C. The van der Waals surface area contributed by atoms with Crippen LogP contribution in [0.25, 0.3) is 5.78 Å². The molecular formula is C9H7BrF3N3O. The lowest BCUT2D eigenvalue weighted by atomic mass is 10.4. The number of hydrogen-bond donors (Lipinski definition) is 0. The van der Waals surface area contributed by atoms with Crippen LogP contribution in [0, 0.1) is 6.92 Å². The summed E-state index contributed by atoms with van der Waals surface area (Å²) in [5, 5.41) is 0. The minimum Gasteiger partial charge on any atom is -0.317 e. The minimum absolute atomic E-state index is 0.0389. The number of hydrogen-bond acceptors (Lipinski definition) is 2. The van der Waals surface area contributed by atoms with E-state index in [-0.39, 0.29) is 5.78 Å². The van der Waals surface area contributed by atoms with Crippen LogP contribution >= 0.6 is 15.9 Å². The lowest BCUT2D eigenvalue weighted by molar-refractivity contribution is -0.141. The van der Waals surface area contributed by atoms with Gasteiger partial charge in [-0.2, -0.15) is 13.2 Å². The summed E-state index contributed by atoms with van der Waals surface area (Å²) in [4.78, 5) is 15.2. The molecule has 2 heterocycles. The maximum atomic E-state index is 12.6. The summed E-state index contributed by atoms with van der Waals surface area (Å²) in [5.74, 6) is -0.0389. The Labute approximate surface area is 102 Å². The molecule has 0 saturated carbocycles. The second-order valence-electron chi connectivity index (χ2n) is 3.58. The van der Waals surface area contributed by atoms with Gasteiger partial charge in [0.25, 0.3) is 5.56 Å². The largest absolute Gasteiger partial charge is 0.434 e. The van der Waals surface area contributed by atoms with Crippen molar-refractivity contribution in [2.24, 2.45) is 7.05 Å². The Morgan fingerprint density at radius 3 is 2.53 bits per heavy atom. The van der Waals surface area contributed by atoms with Crippen LogP contribution in [-0.4, -0.2) is 14.0 Å². The van der Waals surface area contributed by atoms with Gasteiger partial charge in [0.2, 0.25) is 5.78 Å². The van der Waals surface area contributed by atoms with Crippen LogP contribution in [0.3, 0.4) is 0 Å². The standard InChI is InChI=1S/C9H7BrF3N3O/c1-4-3-16-7(17)5(10)6(9(11,12)13)14-8(16)15(4)2/h3H,1-2H3. The Hall–Kier alpha value is -1.31. The fourth-order valence-corrected chi connectivity index (χ4v) is 1.98. The average Bonchev–Trinajstić information content (AvgIpc) is 2.48. The van der Waals surface area contributed by atoms with E-state index >= 15 is 0 Å². The van der Waals surface area contributed by atoms with Crippen molar-refractivity contribution >= 4 is 21.7 Å². The molecule has 0 unspecified atom stereocenters. The first-order chi connectivity index (χ1) is 7.73. The Kier molecular flexibility index (Phi) is 2.57. The lowest BCUT2D eigenvalue weighted by Crippen LogP contribution is -2.22. The lowest BCUT2D eigenvalue weighted by Gasteiger charge is -2.08. The third kappa shape index (κ3) is 1.76. The van der Waals surface area contributed by atoms with E-state index in [1.165, 1.54) is 10.8 Å². The molecule has 0 bridgehead atoms. The van der Waals surface area contributed by atoms with E-state index in [1.54, 1.807) is 14.0 Å². The Bertz CT molecular complexity index is 656. The van der Waals surface area contributed by atoms with Crippen LogP contribution in [0.4, 0.5) is 13.2 Å².